The molecule has 206 valence electrons. The Hall–Kier alpha value is -0.810. The third-order valence-corrected chi connectivity index (χ3v) is 7.00. The van der Waals surface area contributed by atoms with Crippen LogP contribution in [-0.4, -0.2) is 49.6 Å². The van der Waals surface area contributed by atoms with Crippen molar-refractivity contribution >= 4 is 30.6 Å². The maximum atomic E-state index is 14.6. The van der Waals surface area contributed by atoms with Crippen LogP contribution in [0.2, 0.25) is 0 Å². The quantitative estimate of drug-likeness (QED) is 0.200. The van der Waals surface area contributed by atoms with Crippen molar-refractivity contribution in [3.05, 3.63) is 41.4 Å². The molecule has 12 nitrogen and oxygen atoms in total. The van der Waals surface area contributed by atoms with Gasteiger partial charge in [-0.25, -0.2) is 23.1 Å². The summed E-state index contributed by atoms with van der Waals surface area (Å²) in [5.74, 6) is -3.50. The van der Waals surface area contributed by atoms with E-state index in [1.54, 1.807) is 0 Å². The van der Waals surface area contributed by atoms with E-state index in [1.165, 1.54) is 10.8 Å². The first-order valence-corrected chi connectivity index (χ1v) is 13.4. The van der Waals surface area contributed by atoms with Crippen LogP contribution in [0.3, 0.4) is 0 Å². The number of benzene rings is 1. The van der Waals surface area contributed by atoms with Crippen LogP contribution in [0, 0.1) is 17.5 Å². The van der Waals surface area contributed by atoms with E-state index < -0.39 is 43.7 Å². The molecule has 1 aliphatic carbocycles. The number of rotatable bonds is 7. The third-order valence-electron chi connectivity index (χ3n) is 6.57. The molecule has 18 heteroatoms. The van der Waals surface area contributed by atoms with Gasteiger partial charge in [-0.1, -0.05) is 0 Å². The number of anilines is 1. The first kappa shape index (κ1) is 33.7. The van der Waals surface area contributed by atoms with Crippen LogP contribution in [0.5, 0.6) is 0 Å². The second-order valence-corrected chi connectivity index (χ2v) is 10.4. The van der Waals surface area contributed by atoms with Gasteiger partial charge >= 0.3 is 59.1 Å². The smallest absolute Gasteiger partial charge is 0.790 e. The van der Waals surface area contributed by atoms with E-state index in [-0.39, 0.29) is 101 Å². The third kappa shape index (κ3) is 7.77. The normalized spacial score (nSPS) is 21.8. The molecule has 0 spiro atoms. The number of imidazole rings is 1. The Morgan fingerprint density at radius 2 is 1.82 bits per heavy atom. The summed E-state index contributed by atoms with van der Waals surface area (Å²) in [6, 6.07) is 0.493. The minimum absolute atomic E-state index is 0. The maximum Gasteiger partial charge on any atom is 1.00 e. The molecular weight excluding hydrogens is 578 g/mol. The van der Waals surface area contributed by atoms with E-state index in [0.717, 1.165) is 4.57 Å². The zero-order valence-electron chi connectivity index (χ0n) is 21.9. The molecule has 5 rings (SSSR count). The fourth-order valence-electron chi connectivity index (χ4n) is 4.71. The van der Waals surface area contributed by atoms with Crippen LogP contribution in [0.15, 0.2) is 23.3 Å². The van der Waals surface area contributed by atoms with Gasteiger partial charge in [-0.15, -0.1) is 0 Å². The van der Waals surface area contributed by atoms with E-state index in [2.05, 4.69) is 24.8 Å². The SMILES string of the molecule is O=P([O-])([O-])OCn1/c(=N\c2c(F)cc(F)cc2F)n([C@H]2CCOC2)c2nc(NC3CCC(O)CC3)ncc21.[Na+].[Na+]. The predicted molar refractivity (Wildman–Crippen MR) is 122 cm³/mol. The Labute approximate surface area is 270 Å². The summed E-state index contributed by atoms with van der Waals surface area (Å²) in [6.07, 6.45) is 4.08. The number of hydrogen-bond acceptors (Lipinski definition) is 10. The van der Waals surface area contributed by atoms with Crippen LogP contribution in [0.1, 0.15) is 38.1 Å². The summed E-state index contributed by atoms with van der Waals surface area (Å²) < 4.78 is 66.5. The van der Waals surface area contributed by atoms with Crippen LogP contribution >= 0.6 is 7.82 Å². The molecule has 2 aromatic heterocycles. The summed E-state index contributed by atoms with van der Waals surface area (Å²) in [5, 5.41) is 13.0. The van der Waals surface area contributed by atoms with Gasteiger partial charge in [-0.2, -0.15) is 4.98 Å². The van der Waals surface area contributed by atoms with Crippen molar-refractivity contribution in [3.63, 3.8) is 0 Å². The summed E-state index contributed by atoms with van der Waals surface area (Å²) in [5.41, 5.74) is -0.661. The maximum absolute atomic E-state index is 14.6. The molecule has 2 aliphatic rings. The number of phosphoric acid groups is 1. The van der Waals surface area contributed by atoms with Gasteiger partial charge in [0.05, 0.1) is 32.8 Å². The van der Waals surface area contributed by atoms with Gasteiger partial charge in [0.1, 0.15) is 23.8 Å². The predicted octanol–water partition coefficient (Wildman–Crippen LogP) is -4.63. The Morgan fingerprint density at radius 3 is 2.42 bits per heavy atom. The van der Waals surface area contributed by atoms with Crippen LogP contribution in [-0.2, 0) is 20.6 Å². The Balaban J connectivity index is 0.00000220. The first-order chi connectivity index (χ1) is 18.1. The molecule has 2 N–H and O–H groups in total. The monoisotopic (exact) mass is 602 g/mol. The van der Waals surface area contributed by atoms with Gasteiger partial charge in [0.15, 0.2) is 17.3 Å². The topological polar surface area (TPSA) is 162 Å². The molecule has 1 saturated carbocycles. The number of hydrogen-bond donors (Lipinski definition) is 2. The van der Waals surface area contributed by atoms with Crippen LogP contribution in [0.25, 0.3) is 11.2 Å². The van der Waals surface area contributed by atoms with E-state index in [9.17, 15) is 32.6 Å². The number of aromatic nitrogens is 4. The number of aliphatic hydroxyl groups excluding tert-OH is 1. The fraction of sp³-hybridized carbons (Fsp3) is 0.500. The number of aliphatic hydroxyl groups is 1. The molecule has 40 heavy (non-hydrogen) atoms. The molecule has 0 amide bonds. The summed E-state index contributed by atoms with van der Waals surface area (Å²) in [6.45, 7) is -0.311. The van der Waals surface area contributed by atoms with Crippen molar-refractivity contribution in [2.24, 2.45) is 4.99 Å². The number of halogens is 3. The molecule has 3 heterocycles. The molecule has 3 aromatic rings. The van der Waals surface area contributed by atoms with E-state index >= 15 is 0 Å². The molecule has 0 bridgehead atoms. The summed E-state index contributed by atoms with van der Waals surface area (Å²) in [4.78, 5) is 35.5. The number of ether oxygens (including phenoxy) is 1. The van der Waals surface area contributed by atoms with Crippen LogP contribution < -0.4 is 79.8 Å². The Morgan fingerprint density at radius 1 is 1.15 bits per heavy atom. The van der Waals surface area contributed by atoms with Crippen molar-refractivity contribution in [2.75, 3.05) is 18.5 Å². The van der Waals surface area contributed by atoms with Gasteiger partial charge in [0.25, 0.3) is 0 Å². The average molecular weight is 602 g/mol. The van der Waals surface area contributed by atoms with E-state index in [0.29, 0.717) is 50.8 Å². The largest absolute Gasteiger partial charge is 1.00 e. The van der Waals surface area contributed by atoms with E-state index in [1.807, 2.05) is 0 Å². The molecule has 1 aromatic carbocycles. The minimum atomic E-state index is -5.46. The number of nitrogens with one attached hydrogen (secondary N) is 1. The molecule has 2 fully saturated rings. The molecule has 0 radical (unpaired) electrons. The zero-order chi connectivity index (χ0) is 27.0. The van der Waals surface area contributed by atoms with Gasteiger partial charge in [0, 0.05) is 24.8 Å². The number of nitrogens with zero attached hydrogens (tertiary/aromatic N) is 5. The van der Waals surface area contributed by atoms with Crippen molar-refractivity contribution in [3.8, 4) is 0 Å². The van der Waals surface area contributed by atoms with Gasteiger partial charge in [-0.05, 0) is 32.1 Å². The second kappa shape index (κ2) is 14.1. The average Bonchev–Trinajstić information content (AvgIpc) is 3.46. The fourth-order valence-corrected chi connectivity index (χ4v) is 4.97. The van der Waals surface area contributed by atoms with Crippen molar-refractivity contribution in [2.45, 2.75) is 57.0 Å². The molecule has 1 saturated heterocycles. The summed E-state index contributed by atoms with van der Waals surface area (Å²) >= 11 is 0. The van der Waals surface area contributed by atoms with Gasteiger partial charge < -0.3 is 34.0 Å². The standard InChI is InChI=1S/C22H26F3N6O6P.2Na/c23-12-7-16(24)19(17(25)8-12)28-22-30(11-37-38(33,34)35)18-9-26-21(27-13-1-3-15(32)4-2-13)29-20(18)31(22)14-5-6-36-10-14;;/h7-9,13-15,32H,1-6,10-11H2,(H,26,27,29)(H2,33,34,35);;/q;2*+1/p-2/b28-22+;;/t13?,14-,15?;;/m0../s1. The Kier molecular flexibility index (Phi) is 11.9. The van der Waals surface area contributed by atoms with Gasteiger partial charge in [-0.3, -0.25) is 9.13 Å². The number of phosphoric ester groups is 1. The molecule has 1 atom stereocenters. The molecular formula is C22H24F3N6Na2O6P. The van der Waals surface area contributed by atoms with Crippen LogP contribution in [0.4, 0.5) is 24.8 Å². The Bertz CT molecular complexity index is 1430. The van der Waals surface area contributed by atoms with Gasteiger partial charge in [0.2, 0.25) is 11.6 Å². The van der Waals surface area contributed by atoms with Crippen molar-refractivity contribution in [1.29, 1.82) is 0 Å². The number of fused-ring (bicyclic) bond motifs is 1. The van der Waals surface area contributed by atoms with E-state index in [4.69, 9.17) is 4.74 Å². The second-order valence-electron chi connectivity index (χ2n) is 9.20. The first-order valence-electron chi connectivity index (χ1n) is 11.9. The zero-order valence-corrected chi connectivity index (χ0v) is 26.8. The molecule has 0 unspecified atom stereocenters. The minimum Gasteiger partial charge on any atom is -0.790 e. The summed E-state index contributed by atoms with van der Waals surface area (Å²) in [7, 11) is -5.46. The van der Waals surface area contributed by atoms with Crippen molar-refractivity contribution < 1.29 is 101 Å². The molecule has 1 aliphatic heterocycles. The van der Waals surface area contributed by atoms with Crippen molar-refractivity contribution in [1.82, 2.24) is 19.1 Å².